The number of fused-ring (bicyclic) bond motifs is 1. The van der Waals surface area contributed by atoms with Crippen LogP contribution in [0.1, 0.15) is 44.3 Å². The molecule has 1 N–H and O–H groups in total. The molecule has 2 aliphatic rings. The van der Waals surface area contributed by atoms with Gasteiger partial charge in [0.15, 0.2) is 0 Å². The van der Waals surface area contributed by atoms with Gasteiger partial charge in [-0.3, -0.25) is 14.5 Å². The highest BCUT2D eigenvalue weighted by molar-refractivity contribution is 5.81. The fourth-order valence-electron chi connectivity index (χ4n) is 4.21. The van der Waals surface area contributed by atoms with E-state index in [2.05, 4.69) is 10.2 Å². The third-order valence-electron chi connectivity index (χ3n) is 5.42. The lowest BCUT2D eigenvalue weighted by Crippen LogP contribution is -2.52. The molecule has 0 spiro atoms. The average Bonchev–Trinajstić information content (AvgIpc) is 3.13. The van der Waals surface area contributed by atoms with Crippen molar-refractivity contribution in [1.29, 1.82) is 0 Å². The zero-order valence-corrected chi connectivity index (χ0v) is 15.1. The van der Waals surface area contributed by atoms with Crippen molar-refractivity contribution in [2.75, 3.05) is 26.7 Å². The molecule has 1 aromatic rings. The zero-order chi connectivity index (χ0) is 17.6. The quantitative estimate of drug-likeness (QED) is 0.855. The van der Waals surface area contributed by atoms with Crippen LogP contribution in [0.2, 0.25) is 0 Å². The molecule has 2 unspecified atom stereocenters. The topological polar surface area (TPSA) is 65.8 Å². The molecule has 6 nitrogen and oxygen atoms in total. The molecule has 2 heterocycles. The molecule has 0 radical (unpaired) electrons. The van der Waals surface area contributed by atoms with Gasteiger partial charge >= 0.3 is 0 Å². The SMILES string of the molecule is CN(CC(=O)NCc1ccco1)CC(=O)N1CCCC2CCCCC21. The summed E-state index contributed by atoms with van der Waals surface area (Å²) in [6.45, 7) is 1.77. The van der Waals surface area contributed by atoms with Crippen molar-refractivity contribution >= 4 is 11.8 Å². The van der Waals surface area contributed by atoms with Crippen molar-refractivity contribution in [3.63, 3.8) is 0 Å². The lowest BCUT2D eigenvalue weighted by atomic mass is 9.78. The number of rotatable bonds is 6. The first-order valence-corrected chi connectivity index (χ1v) is 9.40. The summed E-state index contributed by atoms with van der Waals surface area (Å²) in [5.41, 5.74) is 0. The number of amides is 2. The summed E-state index contributed by atoms with van der Waals surface area (Å²) in [4.78, 5) is 28.6. The van der Waals surface area contributed by atoms with Crippen LogP contribution in [0.4, 0.5) is 0 Å². The predicted molar refractivity (Wildman–Crippen MR) is 94.7 cm³/mol. The minimum atomic E-state index is -0.0964. The van der Waals surface area contributed by atoms with Gasteiger partial charge in [-0.1, -0.05) is 12.8 Å². The highest BCUT2D eigenvalue weighted by atomic mass is 16.3. The van der Waals surface area contributed by atoms with Crippen LogP contribution in [0.15, 0.2) is 22.8 Å². The standard InChI is InChI=1S/C19H29N3O3/c1-21(13-18(23)20-12-16-8-5-11-25-16)14-19(24)22-10-4-7-15-6-2-3-9-17(15)22/h5,8,11,15,17H,2-4,6-7,9-10,12-14H2,1H3,(H,20,23). The summed E-state index contributed by atoms with van der Waals surface area (Å²) >= 11 is 0. The Hall–Kier alpha value is -1.82. The van der Waals surface area contributed by atoms with Crippen molar-refractivity contribution in [3.05, 3.63) is 24.2 Å². The summed E-state index contributed by atoms with van der Waals surface area (Å²) < 4.78 is 5.19. The van der Waals surface area contributed by atoms with Crippen molar-refractivity contribution in [2.24, 2.45) is 5.92 Å². The van der Waals surface area contributed by atoms with E-state index in [0.29, 0.717) is 25.0 Å². The van der Waals surface area contributed by atoms with Crippen LogP contribution < -0.4 is 5.32 Å². The van der Waals surface area contributed by atoms with Gasteiger partial charge in [0.05, 0.1) is 25.9 Å². The van der Waals surface area contributed by atoms with E-state index in [4.69, 9.17) is 4.42 Å². The van der Waals surface area contributed by atoms with Crippen molar-refractivity contribution in [2.45, 2.75) is 51.1 Å². The fraction of sp³-hybridized carbons (Fsp3) is 0.684. The summed E-state index contributed by atoms with van der Waals surface area (Å²) in [6.07, 6.45) is 8.90. The molecule has 2 atom stereocenters. The second-order valence-electron chi connectivity index (χ2n) is 7.37. The van der Waals surface area contributed by atoms with Gasteiger partial charge < -0.3 is 14.6 Å². The number of hydrogen-bond acceptors (Lipinski definition) is 4. The van der Waals surface area contributed by atoms with Crippen molar-refractivity contribution in [3.8, 4) is 0 Å². The average molecular weight is 347 g/mol. The number of piperidine rings is 1. The first kappa shape index (κ1) is 18.0. The van der Waals surface area contributed by atoms with Crippen LogP contribution in [0.25, 0.3) is 0 Å². The molecule has 0 aromatic carbocycles. The van der Waals surface area contributed by atoms with Crippen molar-refractivity contribution in [1.82, 2.24) is 15.1 Å². The van der Waals surface area contributed by atoms with Crippen LogP contribution in [0.5, 0.6) is 0 Å². The number of carbonyl (C=O) groups is 2. The maximum atomic E-state index is 12.7. The van der Waals surface area contributed by atoms with Gasteiger partial charge in [-0.2, -0.15) is 0 Å². The first-order valence-electron chi connectivity index (χ1n) is 9.40. The Balaban J connectivity index is 1.44. The highest BCUT2D eigenvalue weighted by Crippen LogP contribution is 2.35. The minimum Gasteiger partial charge on any atom is -0.467 e. The smallest absolute Gasteiger partial charge is 0.237 e. The van der Waals surface area contributed by atoms with E-state index in [1.54, 1.807) is 17.2 Å². The van der Waals surface area contributed by atoms with Crippen LogP contribution >= 0.6 is 0 Å². The van der Waals surface area contributed by atoms with E-state index in [9.17, 15) is 9.59 Å². The number of nitrogens with one attached hydrogen (secondary N) is 1. The third-order valence-corrected chi connectivity index (χ3v) is 5.42. The maximum absolute atomic E-state index is 12.7. The Bertz CT molecular complexity index is 570. The minimum absolute atomic E-state index is 0.0964. The normalized spacial score (nSPS) is 23.4. The summed E-state index contributed by atoms with van der Waals surface area (Å²) in [5, 5.41) is 2.81. The lowest BCUT2D eigenvalue weighted by Gasteiger charge is -2.44. The summed E-state index contributed by atoms with van der Waals surface area (Å²) in [5.74, 6) is 1.48. The zero-order valence-electron chi connectivity index (χ0n) is 15.1. The van der Waals surface area contributed by atoms with Gasteiger partial charge in [-0.05, 0) is 50.8 Å². The second kappa shape index (κ2) is 8.52. The van der Waals surface area contributed by atoms with Gasteiger partial charge in [0.25, 0.3) is 0 Å². The van der Waals surface area contributed by atoms with Gasteiger partial charge in [0.2, 0.25) is 11.8 Å². The number of carbonyl (C=O) groups excluding carboxylic acids is 2. The molecular formula is C19H29N3O3. The van der Waals surface area contributed by atoms with E-state index in [-0.39, 0.29) is 18.4 Å². The molecule has 1 aliphatic heterocycles. The van der Waals surface area contributed by atoms with Gasteiger partial charge in [-0.25, -0.2) is 0 Å². The molecule has 2 fully saturated rings. The largest absolute Gasteiger partial charge is 0.467 e. The summed E-state index contributed by atoms with van der Waals surface area (Å²) in [6, 6.07) is 4.05. The van der Waals surface area contributed by atoms with Crippen molar-refractivity contribution < 1.29 is 14.0 Å². The molecular weight excluding hydrogens is 318 g/mol. The molecule has 1 saturated heterocycles. The van der Waals surface area contributed by atoms with Crippen LogP contribution in [-0.4, -0.2) is 54.3 Å². The Morgan fingerprint density at radius 1 is 1.24 bits per heavy atom. The van der Waals surface area contributed by atoms with E-state index >= 15 is 0 Å². The Kier molecular flexibility index (Phi) is 6.13. The molecule has 3 rings (SSSR count). The number of nitrogens with zero attached hydrogens (tertiary/aromatic N) is 2. The molecule has 1 aliphatic carbocycles. The molecule has 1 aromatic heterocycles. The maximum Gasteiger partial charge on any atom is 0.237 e. The Labute approximate surface area is 149 Å². The molecule has 2 amide bonds. The monoisotopic (exact) mass is 347 g/mol. The molecule has 6 heteroatoms. The Morgan fingerprint density at radius 3 is 2.84 bits per heavy atom. The van der Waals surface area contributed by atoms with Crippen LogP contribution in [0.3, 0.4) is 0 Å². The van der Waals surface area contributed by atoms with E-state index < -0.39 is 0 Å². The highest BCUT2D eigenvalue weighted by Gasteiger charge is 2.35. The molecule has 0 bridgehead atoms. The predicted octanol–water partition coefficient (Wildman–Crippen LogP) is 2.01. The molecule has 25 heavy (non-hydrogen) atoms. The summed E-state index contributed by atoms with van der Waals surface area (Å²) in [7, 11) is 1.83. The number of furan rings is 1. The van der Waals surface area contributed by atoms with E-state index in [0.717, 1.165) is 25.1 Å². The van der Waals surface area contributed by atoms with Gasteiger partial charge in [0, 0.05) is 12.6 Å². The molecule has 138 valence electrons. The number of hydrogen-bond donors (Lipinski definition) is 1. The fourth-order valence-corrected chi connectivity index (χ4v) is 4.21. The van der Waals surface area contributed by atoms with Crippen LogP contribution in [0, 0.1) is 5.92 Å². The van der Waals surface area contributed by atoms with Gasteiger partial charge in [-0.15, -0.1) is 0 Å². The second-order valence-corrected chi connectivity index (χ2v) is 7.37. The number of likely N-dealkylation sites (tertiary alicyclic amines) is 1. The molecule has 1 saturated carbocycles. The van der Waals surface area contributed by atoms with E-state index in [1.807, 2.05) is 13.1 Å². The lowest BCUT2D eigenvalue weighted by molar-refractivity contribution is -0.138. The first-order chi connectivity index (χ1) is 12.1. The van der Waals surface area contributed by atoms with Gasteiger partial charge in [0.1, 0.15) is 5.76 Å². The van der Waals surface area contributed by atoms with E-state index in [1.165, 1.54) is 25.7 Å². The van der Waals surface area contributed by atoms with Crippen LogP contribution in [-0.2, 0) is 16.1 Å². The number of likely N-dealkylation sites (N-methyl/N-ethyl adjacent to an activating group) is 1. The third kappa shape index (κ3) is 4.84. The Morgan fingerprint density at radius 2 is 2.04 bits per heavy atom.